The highest BCUT2D eigenvalue weighted by Crippen LogP contribution is 2.35. The van der Waals surface area contributed by atoms with Crippen molar-refractivity contribution < 1.29 is 22.6 Å². The molecule has 2 aromatic rings. The molecule has 1 aromatic carbocycles. The van der Waals surface area contributed by atoms with E-state index in [9.17, 15) is 13.2 Å². The van der Waals surface area contributed by atoms with Gasteiger partial charge in [-0.05, 0) is 37.5 Å². The Bertz CT molecular complexity index is 756. The summed E-state index contributed by atoms with van der Waals surface area (Å²) in [5.41, 5.74) is 1.19. The summed E-state index contributed by atoms with van der Waals surface area (Å²) in [7, 11) is 0. The minimum Gasteiger partial charge on any atom is -0.405 e. The second-order valence-electron chi connectivity index (χ2n) is 5.43. The number of benzene rings is 1. The average molecular weight is 336 g/mol. The summed E-state index contributed by atoms with van der Waals surface area (Å²) in [5, 5.41) is 4.21. The zero-order valence-electron chi connectivity index (χ0n) is 12.7. The summed E-state index contributed by atoms with van der Waals surface area (Å²) in [5.74, 6) is 2.09. The van der Waals surface area contributed by atoms with Gasteiger partial charge in [-0.25, -0.2) is 4.68 Å². The zero-order valence-corrected chi connectivity index (χ0v) is 12.7. The first-order chi connectivity index (χ1) is 11.5. The lowest BCUT2D eigenvalue weighted by molar-refractivity contribution is -0.274. The molecule has 0 saturated carbocycles. The van der Waals surface area contributed by atoms with Gasteiger partial charge in [0.15, 0.2) is 0 Å². The standard InChI is InChI=1S/C17H15F3N2O2/c1-2-12-6-7-15(24-17(18,19)20)14(9-12)13-10-21-22(11-13)16-5-3-4-8-23-16/h1,6-7,9-11,16H,3-5,8H2. The summed E-state index contributed by atoms with van der Waals surface area (Å²) in [6, 6.07) is 4.09. The first-order valence-corrected chi connectivity index (χ1v) is 7.49. The minimum absolute atomic E-state index is 0.199. The topological polar surface area (TPSA) is 36.3 Å². The van der Waals surface area contributed by atoms with Gasteiger partial charge in [-0.15, -0.1) is 19.6 Å². The van der Waals surface area contributed by atoms with Crippen LogP contribution in [0.1, 0.15) is 31.1 Å². The smallest absolute Gasteiger partial charge is 0.405 e. The number of nitrogens with zero attached hydrogens (tertiary/aromatic N) is 2. The molecule has 1 aliphatic heterocycles. The maximum Gasteiger partial charge on any atom is 0.573 e. The highest BCUT2D eigenvalue weighted by atomic mass is 19.4. The molecule has 4 nitrogen and oxygen atoms in total. The fourth-order valence-corrected chi connectivity index (χ4v) is 2.63. The number of alkyl halides is 3. The molecule has 0 amide bonds. The van der Waals surface area contributed by atoms with Crippen LogP contribution in [-0.2, 0) is 4.74 Å². The maximum absolute atomic E-state index is 12.6. The van der Waals surface area contributed by atoms with Crippen molar-refractivity contribution in [3.05, 3.63) is 36.2 Å². The van der Waals surface area contributed by atoms with Crippen molar-refractivity contribution in [3.8, 4) is 29.2 Å². The Balaban J connectivity index is 1.95. The highest BCUT2D eigenvalue weighted by Gasteiger charge is 2.32. The van der Waals surface area contributed by atoms with E-state index in [1.165, 1.54) is 24.4 Å². The third kappa shape index (κ3) is 3.71. The van der Waals surface area contributed by atoms with Crippen LogP contribution in [-0.4, -0.2) is 22.7 Å². The number of rotatable bonds is 3. The van der Waals surface area contributed by atoms with E-state index in [1.807, 2.05) is 0 Å². The number of hydrogen-bond donors (Lipinski definition) is 0. The molecule has 0 radical (unpaired) electrons. The quantitative estimate of drug-likeness (QED) is 0.791. The van der Waals surface area contributed by atoms with Crippen molar-refractivity contribution >= 4 is 0 Å². The highest BCUT2D eigenvalue weighted by molar-refractivity contribution is 5.71. The summed E-state index contributed by atoms with van der Waals surface area (Å²) in [6.07, 6.45) is 6.33. The van der Waals surface area contributed by atoms with Gasteiger partial charge in [-0.1, -0.05) is 5.92 Å². The molecular weight excluding hydrogens is 321 g/mol. The Kier molecular flexibility index (Phi) is 4.49. The largest absolute Gasteiger partial charge is 0.573 e. The second-order valence-corrected chi connectivity index (χ2v) is 5.43. The SMILES string of the molecule is C#Cc1ccc(OC(F)(F)F)c(-c2cnn(C3CCCCO3)c2)c1. The molecule has 0 bridgehead atoms. The van der Waals surface area contributed by atoms with Crippen molar-refractivity contribution in [2.45, 2.75) is 31.9 Å². The van der Waals surface area contributed by atoms with Crippen LogP contribution >= 0.6 is 0 Å². The van der Waals surface area contributed by atoms with Crippen LogP contribution in [0.5, 0.6) is 5.75 Å². The molecule has 126 valence electrons. The Labute approximate surface area is 137 Å². The van der Waals surface area contributed by atoms with E-state index in [0.29, 0.717) is 17.7 Å². The molecule has 1 fully saturated rings. The van der Waals surface area contributed by atoms with Crippen molar-refractivity contribution in [1.82, 2.24) is 9.78 Å². The van der Waals surface area contributed by atoms with Crippen LogP contribution in [0.3, 0.4) is 0 Å². The predicted molar refractivity (Wildman–Crippen MR) is 81.1 cm³/mol. The van der Waals surface area contributed by atoms with Crippen LogP contribution in [0.15, 0.2) is 30.6 Å². The maximum atomic E-state index is 12.6. The lowest BCUT2D eigenvalue weighted by atomic mass is 10.1. The Hall–Kier alpha value is -2.46. The molecule has 24 heavy (non-hydrogen) atoms. The molecule has 7 heteroatoms. The van der Waals surface area contributed by atoms with E-state index >= 15 is 0 Å². The average Bonchev–Trinajstić information content (AvgIpc) is 3.04. The van der Waals surface area contributed by atoms with Gasteiger partial charge >= 0.3 is 6.36 Å². The first kappa shape index (κ1) is 16.4. The number of terminal acetylenes is 1. The molecule has 0 N–H and O–H groups in total. The molecule has 1 unspecified atom stereocenters. The molecule has 3 rings (SSSR count). The normalized spacial score (nSPS) is 18.2. The van der Waals surface area contributed by atoms with Crippen LogP contribution in [0.25, 0.3) is 11.1 Å². The van der Waals surface area contributed by atoms with Crippen LogP contribution in [0.4, 0.5) is 13.2 Å². The molecule has 1 saturated heterocycles. The van der Waals surface area contributed by atoms with Crippen molar-refractivity contribution in [1.29, 1.82) is 0 Å². The third-order valence-corrected chi connectivity index (χ3v) is 3.74. The lowest BCUT2D eigenvalue weighted by Gasteiger charge is -2.22. The fourth-order valence-electron chi connectivity index (χ4n) is 2.63. The van der Waals surface area contributed by atoms with Crippen molar-refractivity contribution in [2.24, 2.45) is 0 Å². The molecular formula is C17H15F3N2O2. The number of hydrogen-bond acceptors (Lipinski definition) is 3. The number of halogens is 3. The lowest BCUT2D eigenvalue weighted by Crippen LogP contribution is -2.18. The van der Waals surface area contributed by atoms with Gasteiger partial charge in [-0.3, -0.25) is 0 Å². The van der Waals surface area contributed by atoms with Crippen LogP contribution < -0.4 is 4.74 Å². The van der Waals surface area contributed by atoms with E-state index in [1.54, 1.807) is 10.9 Å². The molecule has 1 atom stereocenters. The van der Waals surface area contributed by atoms with Gasteiger partial charge in [-0.2, -0.15) is 5.10 Å². The monoisotopic (exact) mass is 336 g/mol. The van der Waals surface area contributed by atoms with Gasteiger partial charge in [0.25, 0.3) is 0 Å². The number of aromatic nitrogens is 2. The summed E-state index contributed by atoms with van der Waals surface area (Å²) >= 11 is 0. The number of ether oxygens (including phenoxy) is 2. The van der Waals surface area contributed by atoms with Gasteiger partial charge in [0.2, 0.25) is 0 Å². The van der Waals surface area contributed by atoms with Crippen molar-refractivity contribution in [2.75, 3.05) is 6.61 Å². The molecule has 1 aliphatic rings. The summed E-state index contributed by atoms with van der Waals surface area (Å²) < 4.78 is 49.2. The van der Waals surface area contributed by atoms with E-state index in [2.05, 4.69) is 15.8 Å². The van der Waals surface area contributed by atoms with Gasteiger partial charge < -0.3 is 9.47 Å². The van der Waals surface area contributed by atoms with E-state index in [4.69, 9.17) is 11.2 Å². The van der Waals surface area contributed by atoms with E-state index in [-0.39, 0.29) is 17.5 Å². The summed E-state index contributed by atoms with van der Waals surface area (Å²) in [6.45, 7) is 0.648. The minimum atomic E-state index is -4.78. The van der Waals surface area contributed by atoms with Gasteiger partial charge in [0.1, 0.15) is 12.0 Å². The molecule has 1 aromatic heterocycles. The molecule has 0 aliphatic carbocycles. The molecule has 0 spiro atoms. The first-order valence-electron chi connectivity index (χ1n) is 7.49. The van der Waals surface area contributed by atoms with E-state index < -0.39 is 6.36 Å². The zero-order chi connectivity index (χ0) is 17.2. The van der Waals surface area contributed by atoms with E-state index in [0.717, 1.165) is 19.3 Å². The predicted octanol–water partition coefficient (Wildman–Crippen LogP) is 4.13. The summed E-state index contributed by atoms with van der Waals surface area (Å²) in [4.78, 5) is 0. The van der Waals surface area contributed by atoms with Crippen LogP contribution in [0.2, 0.25) is 0 Å². The fraction of sp³-hybridized carbons (Fsp3) is 0.353. The van der Waals surface area contributed by atoms with Crippen molar-refractivity contribution in [3.63, 3.8) is 0 Å². The molecule has 2 heterocycles. The second kappa shape index (κ2) is 6.57. The Morgan fingerprint density at radius 3 is 2.83 bits per heavy atom. The van der Waals surface area contributed by atoms with Gasteiger partial charge in [0, 0.05) is 29.5 Å². The Morgan fingerprint density at radius 1 is 1.33 bits per heavy atom. The third-order valence-electron chi connectivity index (χ3n) is 3.74. The van der Waals surface area contributed by atoms with Crippen LogP contribution in [0, 0.1) is 12.3 Å². The Morgan fingerprint density at radius 2 is 2.17 bits per heavy atom. The van der Waals surface area contributed by atoms with Gasteiger partial charge in [0.05, 0.1) is 6.20 Å².